The van der Waals surface area contributed by atoms with Crippen molar-refractivity contribution in [3.63, 3.8) is 0 Å². The Morgan fingerprint density at radius 3 is 2.66 bits per heavy atom. The SMILES string of the molecule is Cc1ccc(Oc2ccc(Nc3ncnc4cccc(OC(CCCO)C(N)=O)c34)cc2C)cn1. The average molecular weight is 474 g/mol. The van der Waals surface area contributed by atoms with Gasteiger partial charge in [-0.25, -0.2) is 9.97 Å². The highest BCUT2D eigenvalue weighted by Crippen LogP contribution is 2.34. The van der Waals surface area contributed by atoms with E-state index in [4.69, 9.17) is 20.3 Å². The van der Waals surface area contributed by atoms with Crippen molar-refractivity contribution in [2.75, 3.05) is 11.9 Å². The maximum absolute atomic E-state index is 11.9. The summed E-state index contributed by atoms with van der Waals surface area (Å²) in [6, 6.07) is 14.8. The van der Waals surface area contributed by atoms with Crippen LogP contribution in [0.2, 0.25) is 0 Å². The van der Waals surface area contributed by atoms with Crippen molar-refractivity contribution in [1.82, 2.24) is 15.0 Å². The number of aromatic nitrogens is 3. The number of amides is 1. The second-order valence-electron chi connectivity index (χ2n) is 8.09. The number of pyridine rings is 1. The van der Waals surface area contributed by atoms with E-state index in [0.29, 0.717) is 46.8 Å². The van der Waals surface area contributed by atoms with Crippen LogP contribution in [0, 0.1) is 13.8 Å². The van der Waals surface area contributed by atoms with E-state index < -0.39 is 12.0 Å². The molecule has 180 valence electrons. The summed E-state index contributed by atoms with van der Waals surface area (Å²) in [5.74, 6) is 1.72. The number of hydrogen-bond acceptors (Lipinski definition) is 8. The van der Waals surface area contributed by atoms with Crippen LogP contribution < -0.4 is 20.5 Å². The number of fused-ring (bicyclic) bond motifs is 1. The molecule has 0 radical (unpaired) electrons. The molecule has 0 fully saturated rings. The van der Waals surface area contributed by atoms with Crippen LogP contribution in [0.5, 0.6) is 17.2 Å². The molecule has 2 aromatic carbocycles. The first kappa shape index (κ1) is 23.9. The summed E-state index contributed by atoms with van der Waals surface area (Å²) < 4.78 is 11.9. The highest BCUT2D eigenvalue weighted by molar-refractivity contribution is 5.96. The second-order valence-corrected chi connectivity index (χ2v) is 8.09. The number of aryl methyl sites for hydroxylation is 2. The zero-order valence-electron chi connectivity index (χ0n) is 19.6. The summed E-state index contributed by atoms with van der Waals surface area (Å²) >= 11 is 0. The van der Waals surface area contributed by atoms with Gasteiger partial charge in [0.05, 0.1) is 17.1 Å². The number of nitrogens with zero attached hydrogens (tertiary/aromatic N) is 3. The van der Waals surface area contributed by atoms with Crippen molar-refractivity contribution in [2.45, 2.75) is 32.8 Å². The van der Waals surface area contributed by atoms with Gasteiger partial charge in [-0.15, -0.1) is 0 Å². The van der Waals surface area contributed by atoms with Gasteiger partial charge in [-0.05, 0) is 74.7 Å². The number of aliphatic hydroxyl groups is 1. The maximum Gasteiger partial charge on any atom is 0.258 e. The lowest BCUT2D eigenvalue weighted by atomic mass is 10.1. The summed E-state index contributed by atoms with van der Waals surface area (Å²) in [6.07, 6.45) is 2.97. The lowest BCUT2D eigenvalue weighted by Crippen LogP contribution is -2.34. The van der Waals surface area contributed by atoms with Crippen molar-refractivity contribution < 1.29 is 19.4 Å². The van der Waals surface area contributed by atoms with Crippen LogP contribution in [0.1, 0.15) is 24.1 Å². The molecule has 2 heterocycles. The molecule has 0 aliphatic rings. The first-order valence-corrected chi connectivity index (χ1v) is 11.2. The number of carbonyl (C=O) groups excluding carboxylic acids is 1. The Hall–Kier alpha value is -4.24. The molecule has 0 aliphatic carbocycles. The van der Waals surface area contributed by atoms with E-state index in [1.165, 1.54) is 6.33 Å². The van der Waals surface area contributed by atoms with Gasteiger partial charge >= 0.3 is 0 Å². The molecule has 0 saturated carbocycles. The van der Waals surface area contributed by atoms with E-state index in [1.54, 1.807) is 18.3 Å². The maximum atomic E-state index is 11.9. The molecule has 1 atom stereocenters. The number of carbonyl (C=O) groups is 1. The third-order valence-corrected chi connectivity index (χ3v) is 5.39. The third-order valence-electron chi connectivity index (χ3n) is 5.39. The molecule has 1 unspecified atom stereocenters. The Morgan fingerprint density at radius 2 is 1.94 bits per heavy atom. The third kappa shape index (κ3) is 5.82. The predicted molar refractivity (Wildman–Crippen MR) is 133 cm³/mol. The van der Waals surface area contributed by atoms with Gasteiger partial charge in [0.25, 0.3) is 5.91 Å². The second kappa shape index (κ2) is 10.8. The van der Waals surface area contributed by atoms with Gasteiger partial charge < -0.3 is 25.6 Å². The van der Waals surface area contributed by atoms with Gasteiger partial charge in [0.2, 0.25) is 0 Å². The number of nitrogens with one attached hydrogen (secondary N) is 1. The molecule has 4 rings (SSSR count). The van der Waals surface area contributed by atoms with Crippen LogP contribution >= 0.6 is 0 Å². The minimum Gasteiger partial charge on any atom is -0.480 e. The van der Waals surface area contributed by atoms with Gasteiger partial charge in [-0.1, -0.05) is 6.07 Å². The van der Waals surface area contributed by atoms with E-state index in [0.717, 1.165) is 16.9 Å². The van der Waals surface area contributed by atoms with Crippen molar-refractivity contribution in [3.05, 3.63) is 72.3 Å². The number of anilines is 2. The van der Waals surface area contributed by atoms with Crippen molar-refractivity contribution in [1.29, 1.82) is 0 Å². The lowest BCUT2D eigenvalue weighted by Gasteiger charge is -2.18. The van der Waals surface area contributed by atoms with E-state index in [1.807, 2.05) is 50.2 Å². The topological polar surface area (TPSA) is 132 Å². The summed E-state index contributed by atoms with van der Waals surface area (Å²) in [5.41, 5.74) is 8.79. The van der Waals surface area contributed by atoms with E-state index in [9.17, 15) is 4.79 Å². The number of nitrogens with two attached hydrogens (primary N) is 1. The molecule has 35 heavy (non-hydrogen) atoms. The van der Waals surface area contributed by atoms with Crippen LogP contribution in [0.4, 0.5) is 11.5 Å². The van der Waals surface area contributed by atoms with Gasteiger partial charge in [0.15, 0.2) is 6.10 Å². The molecule has 0 bridgehead atoms. The first-order chi connectivity index (χ1) is 16.9. The minimum atomic E-state index is -0.879. The van der Waals surface area contributed by atoms with Crippen molar-refractivity contribution >= 4 is 28.3 Å². The van der Waals surface area contributed by atoms with Crippen LogP contribution in [0.15, 0.2) is 61.1 Å². The van der Waals surface area contributed by atoms with Gasteiger partial charge in [0.1, 0.15) is 29.4 Å². The summed E-state index contributed by atoms with van der Waals surface area (Å²) in [6.45, 7) is 3.82. The normalized spacial score (nSPS) is 11.7. The smallest absolute Gasteiger partial charge is 0.258 e. The molecular weight excluding hydrogens is 446 g/mol. The molecule has 1 amide bonds. The molecule has 4 N–H and O–H groups in total. The Labute approximate surface area is 203 Å². The fourth-order valence-corrected chi connectivity index (χ4v) is 3.58. The molecule has 0 aliphatic heterocycles. The van der Waals surface area contributed by atoms with Gasteiger partial charge in [-0.3, -0.25) is 9.78 Å². The molecule has 9 nitrogen and oxygen atoms in total. The van der Waals surface area contributed by atoms with Crippen LogP contribution in [0.3, 0.4) is 0 Å². The average Bonchev–Trinajstić information content (AvgIpc) is 2.84. The standard InChI is InChI=1S/C26H27N5O4/c1-16-13-18(9-11-21(16)34-19-10-8-17(2)28-14-19)31-26-24-20(29-15-30-26)5-3-6-22(24)35-23(25(27)33)7-4-12-32/h3,5-6,8-11,13-15,23,32H,4,7,12H2,1-2H3,(H2,27,33)(H,29,30,31). The number of ether oxygens (including phenoxy) is 2. The fraction of sp³-hybridized carbons (Fsp3) is 0.231. The molecular formula is C26H27N5O4. The molecule has 9 heteroatoms. The van der Waals surface area contributed by atoms with E-state index >= 15 is 0 Å². The number of rotatable bonds is 10. The zero-order chi connectivity index (χ0) is 24.8. The predicted octanol–water partition coefficient (Wildman–Crippen LogP) is 4.18. The van der Waals surface area contributed by atoms with E-state index in [-0.39, 0.29) is 6.61 Å². The quantitative estimate of drug-likeness (QED) is 0.312. The van der Waals surface area contributed by atoms with Gasteiger partial charge in [-0.2, -0.15) is 0 Å². The van der Waals surface area contributed by atoms with Crippen LogP contribution in [0.25, 0.3) is 10.9 Å². The summed E-state index contributed by atoms with van der Waals surface area (Å²) in [7, 11) is 0. The monoisotopic (exact) mass is 473 g/mol. The fourth-order valence-electron chi connectivity index (χ4n) is 3.58. The number of aliphatic hydroxyl groups excluding tert-OH is 1. The Morgan fingerprint density at radius 1 is 1.09 bits per heavy atom. The highest BCUT2D eigenvalue weighted by atomic mass is 16.5. The number of hydrogen-bond donors (Lipinski definition) is 3. The van der Waals surface area contributed by atoms with E-state index in [2.05, 4.69) is 20.3 Å². The first-order valence-electron chi connectivity index (χ1n) is 11.2. The van der Waals surface area contributed by atoms with Crippen LogP contribution in [-0.4, -0.2) is 38.7 Å². The zero-order valence-corrected chi connectivity index (χ0v) is 19.6. The summed E-state index contributed by atoms with van der Waals surface area (Å²) in [4.78, 5) is 24.9. The lowest BCUT2D eigenvalue weighted by molar-refractivity contribution is -0.125. The number of benzene rings is 2. The Balaban J connectivity index is 1.61. The van der Waals surface area contributed by atoms with Gasteiger partial charge in [0, 0.05) is 18.0 Å². The Bertz CT molecular complexity index is 1320. The molecule has 4 aromatic rings. The largest absolute Gasteiger partial charge is 0.480 e. The molecule has 0 spiro atoms. The van der Waals surface area contributed by atoms with Crippen LogP contribution in [-0.2, 0) is 4.79 Å². The Kier molecular flexibility index (Phi) is 7.37. The van der Waals surface area contributed by atoms with Crippen molar-refractivity contribution in [2.24, 2.45) is 5.73 Å². The highest BCUT2D eigenvalue weighted by Gasteiger charge is 2.20. The summed E-state index contributed by atoms with van der Waals surface area (Å²) in [5, 5.41) is 13.1. The minimum absolute atomic E-state index is 0.0575. The van der Waals surface area contributed by atoms with Crippen molar-refractivity contribution in [3.8, 4) is 17.2 Å². The number of primary amides is 1. The molecule has 2 aromatic heterocycles. The molecule has 0 saturated heterocycles.